The SMILES string of the molecule is Cc1ccc(-c2c3c(nn2-c2ccc(S(=O)(=O)NC(=O)Nc4ccccc4)cc2)C(C)CCC3)cc1. The van der Waals surface area contributed by atoms with Crippen molar-refractivity contribution in [2.24, 2.45) is 0 Å². The van der Waals surface area contributed by atoms with Crippen molar-refractivity contribution in [3.05, 3.63) is 95.7 Å². The monoisotopic (exact) mass is 500 g/mol. The van der Waals surface area contributed by atoms with Gasteiger partial charge in [-0.1, -0.05) is 55.0 Å². The van der Waals surface area contributed by atoms with Gasteiger partial charge in [-0.2, -0.15) is 5.10 Å². The third-order valence-corrected chi connectivity index (χ3v) is 7.87. The number of amides is 2. The van der Waals surface area contributed by atoms with E-state index < -0.39 is 16.1 Å². The molecule has 1 atom stereocenters. The maximum atomic E-state index is 12.8. The van der Waals surface area contributed by atoms with Crippen molar-refractivity contribution >= 4 is 21.7 Å². The van der Waals surface area contributed by atoms with E-state index in [9.17, 15) is 13.2 Å². The Bertz CT molecular complexity index is 1490. The van der Waals surface area contributed by atoms with Crippen molar-refractivity contribution in [3.8, 4) is 16.9 Å². The number of rotatable bonds is 5. The highest BCUT2D eigenvalue weighted by molar-refractivity contribution is 7.90. The normalized spacial score (nSPS) is 15.2. The van der Waals surface area contributed by atoms with E-state index in [0.717, 1.165) is 41.9 Å². The van der Waals surface area contributed by atoms with Crippen LogP contribution in [0.3, 0.4) is 0 Å². The van der Waals surface area contributed by atoms with Crippen LogP contribution in [0.25, 0.3) is 16.9 Å². The Labute approximate surface area is 211 Å². The number of para-hydroxylation sites is 1. The maximum Gasteiger partial charge on any atom is 0.333 e. The van der Waals surface area contributed by atoms with E-state index in [1.165, 1.54) is 23.3 Å². The van der Waals surface area contributed by atoms with Gasteiger partial charge in [-0.05, 0) is 62.6 Å². The first-order valence-electron chi connectivity index (χ1n) is 12.0. The minimum Gasteiger partial charge on any atom is -0.307 e. The first-order chi connectivity index (χ1) is 17.3. The van der Waals surface area contributed by atoms with Crippen LogP contribution in [0.15, 0.2) is 83.8 Å². The third kappa shape index (κ3) is 4.77. The minimum atomic E-state index is -4.05. The molecule has 0 bridgehead atoms. The Morgan fingerprint density at radius 2 is 1.67 bits per heavy atom. The van der Waals surface area contributed by atoms with Crippen molar-refractivity contribution in [1.29, 1.82) is 0 Å². The number of nitrogens with zero attached hydrogens (tertiary/aromatic N) is 2. The van der Waals surface area contributed by atoms with Crippen molar-refractivity contribution < 1.29 is 13.2 Å². The summed E-state index contributed by atoms with van der Waals surface area (Å²) in [6.45, 7) is 4.27. The zero-order chi connectivity index (χ0) is 25.3. The molecule has 0 saturated heterocycles. The second kappa shape index (κ2) is 9.62. The molecule has 1 unspecified atom stereocenters. The molecule has 5 rings (SSSR count). The number of sulfonamides is 1. The number of hydrogen-bond donors (Lipinski definition) is 2. The van der Waals surface area contributed by atoms with Crippen LogP contribution in [0, 0.1) is 6.92 Å². The van der Waals surface area contributed by atoms with Crippen LogP contribution in [0.1, 0.15) is 42.5 Å². The Morgan fingerprint density at radius 1 is 0.972 bits per heavy atom. The summed E-state index contributed by atoms with van der Waals surface area (Å²) in [4.78, 5) is 12.2. The zero-order valence-electron chi connectivity index (χ0n) is 20.2. The number of anilines is 1. The summed E-state index contributed by atoms with van der Waals surface area (Å²) in [6.07, 6.45) is 3.19. The van der Waals surface area contributed by atoms with Gasteiger partial charge in [0.2, 0.25) is 0 Å². The van der Waals surface area contributed by atoms with Crippen molar-refractivity contribution in [2.75, 3.05) is 5.32 Å². The molecule has 184 valence electrons. The van der Waals surface area contributed by atoms with E-state index in [4.69, 9.17) is 5.10 Å². The van der Waals surface area contributed by atoms with Crippen LogP contribution in [-0.2, 0) is 16.4 Å². The number of hydrogen-bond acceptors (Lipinski definition) is 4. The highest BCUT2D eigenvalue weighted by atomic mass is 32.2. The standard InChI is InChI=1S/C28H28N4O3S/c1-19-11-13-21(14-12-19)27-25-10-6-7-20(2)26(25)30-32(27)23-15-17-24(18-16-23)36(34,35)31-28(33)29-22-8-4-3-5-9-22/h3-5,8-9,11-18,20H,6-7,10H2,1-2H3,(H2,29,31,33). The maximum absolute atomic E-state index is 12.8. The molecule has 3 aromatic carbocycles. The van der Waals surface area contributed by atoms with Crippen molar-refractivity contribution in [2.45, 2.75) is 43.9 Å². The summed E-state index contributed by atoms with van der Waals surface area (Å²) >= 11 is 0. The highest BCUT2D eigenvalue weighted by Gasteiger charge is 2.27. The smallest absolute Gasteiger partial charge is 0.307 e. The Hall–Kier alpha value is -3.91. The van der Waals surface area contributed by atoms with Crippen LogP contribution in [0.5, 0.6) is 0 Å². The molecule has 2 N–H and O–H groups in total. The van der Waals surface area contributed by atoms with Gasteiger partial charge >= 0.3 is 6.03 Å². The Kier molecular flexibility index (Phi) is 6.36. The van der Waals surface area contributed by atoms with E-state index >= 15 is 0 Å². The second-order valence-corrected chi connectivity index (χ2v) is 10.9. The first kappa shape index (κ1) is 23.8. The lowest BCUT2D eigenvalue weighted by Gasteiger charge is -2.17. The van der Waals surface area contributed by atoms with Gasteiger partial charge in [-0.3, -0.25) is 0 Å². The van der Waals surface area contributed by atoms with Gasteiger partial charge in [0, 0.05) is 22.7 Å². The number of nitrogens with one attached hydrogen (secondary N) is 2. The number of aryl methyl sites for hydroxylation is 1. The van der Waals surface area contributed by atoms with Crippen LogP contribution in [-0.4, -0.2) is 24.2 Å². The van der Waals surface area contributed by atoms with E-state index in [-0.39, 0.29) is 4.90 Å². The topological polar surface area (TPSA) is 93.1 Å². The van der Waals surface area contributed by atoms with Crippen LogP contribution < -0.4 is 10.0 Å². The number of carbonyl (C=O) groups is 1. The van der Waals surface area contributed by atoms with Gasteiger partial charge in [0.1, 0.15) is 0 Å². The number of aromatic nitrogens is 2. The molecule has 1 aromatic heterocycles. The predicted molar refractivity (Wildman–Crippen MR) is 141 cm³/mol. The van der Waals surface area contributed by atoms with E-state index in [2.05, 4.69) is 48.2 Å². The van der Waals surface area contributed by atoms with Gasteiger partial charge in [-0.25, -0.2) is 22.6 Å². The molecule has 0 radical (unpaired) electrons. The van der Waals surface area contributed by atoms with Gasteiger partial charge in [0.15, 0.2) is 0 Å². The van der Waals surface area contributed by atoms with E-state index in [1.54, 1.807) is 36.4 Å². The first-order valence-corrected chi connectivity index (χ1v) is 13.5. The number of fused-ring (bicyclic) bond motifs is 1. The molecule has 0 fully saturated rings. The largest absolute Gasteiger partial charge is 0.333 e. The van der Waals surface area contributed by atoms with Gasteiger partial charge in [-0.15, -0.1) is 0 Å². The average molecular weight is 501 g/mol. The Balaban J connectivity index is 1.45. The third-order valence-electron chi connectivity index (χ3n) is 6.52. The fourth-order valence-electron chi connectivity index (χ4n) is 4.65. The minimum absolute atomic E-state index is 0.00312. The van der Waals surface area contributed by atoms with Gasteiger partial charge in [0.25, 0.3) is 10.0 Å². The van der Waals surface area contributed by atoms with E-state index in [1.807, 2.05) is 10.7 Å². The molecule has 4 aromatic rings. The molecule has 0 aliphatic heterocycles. The lowest BCUT2D eigenvalue weighted by Crippen LogP contribution is -2.34. The van der Waals surface area contributed by atoms with Crippen molar-refractivity contribution in [1.82, 2.24) is 14.5 Å². The van der Waals surface area contributed by atoms with Crippen LogP contribution >= 0.6 is 0 Å². The van der Waals surface area contributed by atoms with Gasteiger partial charge in [0.05, 0.1) is 22.0 Å². The lowest BCUT2D eigenvalue weighted by molar-refractivity contribution is 0.256. The summed E-state index contributed by atoms with van der Waals surface area (Å²) < 4.78 is 29.6. The molecular weight excluding hydrogens is 472 g/mol. The molecular formula is C28H28N4O3S. The Morgan fingerprint density at radius 3 is 2.36 bits per heavy atom. The molecule has 1 aliphatic carbocycles. The number of carbonyl (C=O) groups excluding carboxylic acids is 1. The molecule has 1 heterocycles. The second-order valence-electron chi connectivity index (χ2n) is 9.20. The number of urea groups is 1. The molecule has 0 saturated carbocycles. The number of benzene rings is 3. The highest BCUT2D eigenvalue weighted by Crippen LogP contribution is 2.38. The molecule has 36 heavy (non-hydrogen) atoms. The average Bonchev–Trinajstić information content (AvgIpc) is 3.26. The summed E-state index contributed by atoms with van der Waals surface area (Å²) in [5.41, 5.74) is 6.94. The quantitative estimate of drug-likeness (QED) is 0.362. The molecule has 7 nitrogen and oxygen atoms in total. The summed E-state index contributed by atoms with van der Waals surface area (Å²) in [5.74, 6) is 0.367. The van der Waals surface area contributed by atoms with Gasteiger partial charge < -0.3 is 5.32 Å². The summed E-state index contributed by atoms with van der Waals surface area (Å²) in [6, 6.07) is 22.7. The molecule has 8 heteroatoms. The fourth-order valence-corrected chi connectivity index (χ4v) is 5.56. The van der Waals surface area contributed by atoms with Crippen LogP contribution in [0.4, 0.5) is 10.5 Å². The molecule has 0 spiro atoms. The lowest BCUT2D eigenvalue weighted by atomic mass is 9.87. The predicted octanol–water partition coefficient (Wildman–Crippen LogP) is 5.80. The zero-order valence-corrected chi connectivity index (χ0v) is 21.0. The van der Waals surface area contributed by atoms with Crippen LogP contribution in [0.2, 0.25) is 0 Å². The van der Waals surface area contributed by atoms with Crippen molar-refractivity contribution in [3.63, 3.8) is 0 Å². The molecule has 2 amide bonds. The summed E-state index contributed by atoms with van der Waals surface area (Å²) in [7, 11) is -4.05. The van der Waals surface area contributed by atoms with E-state index in [0.29, 0.717) is 11.6 Å². The fraction of sp³-hybridized carbons (Fsp3) is 0.214. The summed E-state index contributed by atoms with van der Waals surface area (Å²) in [5, 5.41) is 7.50. The molecule has 1 aliphatic rings.